The number of fused-ring (bicyclic) bond motifs is 1. The summed E-state index contributed by atoms with van der Waals surface area (Å²) in [7, 11) is 0. The van der Waals surface area contributed by atoms with Gasteiger partial charge < -0.3 is 5.11 Å². The third kappa shape index (κ3) is 3.50. The molecule has 0 radical (unpaired) electrons. The van der Waals surface area contributed by atoms with Gasteiger partial charge in [0.2, 0.25) is 0 Å². The van der Waals surface area contributed by atoms with E-state index in [4.69, 9.17) is 11.6 Å². The highest BCUT2D eigenvalue weighted by atomic mass is 35.5. The molecule has 3 aromatic rings. The molecule has 0 amide bonds. The molecule has 0 fully saturated rings. The summed E-state index contributed by atoms with van der Waals surface area (Å²) < 4.78 is 39.9. The number of nitrogens with zero attached hydrogens (tertiary/aromatic N) is 3. The van der Waals surface area contributed by atoms with Crippen LogP contribution in [0.5, 0.6) is 0 Å². The molecule has 9 heteroatoms. The van der Waals surface area contributed by atoms with E-state index < -0.39 is 17.8 Å². The van der Waals surface area contributed by atoms with Crippen molar-refractivity contribution in [1.29, 1.82) is 0 Å². The predicted octanol–water partition coefficient (Wildman–Crippen LogP) is 4.23. The van der Waals surface area contributed by atoms with Crippen LogP contribution >= 0.6 is 23.4 Å². The molecule has 0 aliphatic rings. The number of hydrogen-bond donors (Lipinski definition) is 1. The smallest absolute Gasteiger partial charge is 0.388 e. The number of aliphatic hydroxyl groups is 1. The van der Waals surface area contributed by atoms with Crippen LogP contribution in [0.1, 0.15) is 17.2 Å². The van der Waals surface area contributed by atoms with Crippen molar-refractivity contribution < 1.29 is 18.3 Å². The third-order valence-electron chi connectivity index (χ3n) is 3.31. The average molecular weight is 374 g/mol. The molecule has 0 unspecified atom stereocenters. The normalized spacial score (nSPS) is 13.4. The van der Waals surface area contributed by atoms with E-state index in [0.29, 0.717) is 5.56 Å². The summed E-state index contributed by atoms with van der Waals surface area (Å²) in [5, 5.41) is 17.9. The van der Waals surface area contributed by atoms with Crippen LogP contribution in [0.25, 0.3) is 5.65 Å². The second kappa shape index (κ2) is 6.62. The summed E-state index contributed by atoms with van der Waals surface area (Å²) in [6.07, 6.45) is -4.39. The lowest BCUT2D eigenvalue weighted by atomic mass is 10.1. The van der Waals surface area contributed by atoms with Crippen molar-refractivity contribution in [2.24, 2.45) is 0 Å². The standard InChI is InChI=1S/C15H11ClF3N3OS/c16-11-6-10(15(17,18)19)7-22-13(11)20-21-14(22)24-8-12(23)9-4-2-1-3-5-9/h1-7,12,23H,8H2/t12-/m0/s1. The van der Waals surface area contributed by atoms with Gasteiger partial charge >= 0.3 is 6.18 Å². The van der Waals surface area contributed by atoms with Crippen LogP contribution in [0, 0.1) is 0 Å². The fourth-order valence-corrected chi connectivity index (χ4v) is 3.23. The van der Waals surface area contributed by atoms with Gasteiger partial charge in [-0.2, -0.15) is 13.2 Å². The molecule has 1 aromatic carbocycles. The van der Waals surface area contributed by atoms with E-state index in [2.05, 4.69) is 10.2 Å². The van der Waals surface area contributed by atoms with Crippen molar-refractivity contribution in [3.63, 3.8) is 0 Å². The maximum atomic E-state index is 12.9. The SMILES string of the molecule is O[C@@H](CSc1nnc2c(Cl)cc(C(F)(F)F)cn12)c1ccccc1. The van der Waals surface area contributed by atoms with Crippen LogP contribution < -0.4 is 0 Å². The van der Waals surface area contributed by atoms with Crippen LogP contribution in [-0.4, -0.2) is 25.5 Å². The van der Waals surface area contributed by atoms with Crippen molar-refractivity contribution in [3.05, 3.63) is 58.7 Å². The number of hydrogen-bond acceptors (Lipinski definition) is 4. The Balaban J connectivity index is 1.86. The monoisotopic (exact) mass is 373 g/mol. The molecule has 0 saturated heterocycles. The molecule has 0 bridgehead atoms. The zero-order valence-corrected chi connectivity index (χ0v) is 13.6. The lowest BCUT2D eigenvalue weighted by molar-refractivity contribution is -0.137. The fourth-order valence-electron chi connectivity index (χ4n) is 2.11. The molecule has 1 atom stereocenters. The summed E-state index contributed by atoms with van der Waals surface area (Å²) >= 11 is 6.96. The van der Waals surface area contributed by atoms with Crippen LogP contribution in [-0.2, 0) is 6.18 Å². The molecule has 3 rings (SSSR count). The Morgan fingerprint density at radius 2 is 1.92 bits per heavy atom. The zero-order chi connectivity index (χ0) is 17.3. The molecule has 1 N–H and O–H groups in total. The fraction of sp³-hybridized carbons (Fsp3) is 0.200. The van der Waals surface area contributed by atoms with E-state index in [9.17, 15) is 18.3 Å². The van der Waals surface area contributed by atoms with Crippen molar-refractivity contribution in [2.45, 2.75) is 17.4 Å². The maximum absolute atomic E-state index is 12.9. The van der Waals surface area contributed by atoms with Gasteiger partial charge in [0.15, 0.2) is 10.8 Å². The molecule has 4 nitrogen and oxygen atoms in total. The first-order chi connectivity index (χ1) is 11.4. The lowest BCUT2D eigenvalue weighted by Gasteiger charge is -2.11. The van der Waals surface area contributed by atoms with Crippen LogP contribution in [0.15, 0.2) is 47.8 Å². The first kappa shape index (κ1) is 17.1. The molecular weight excluding hydrogens is 363 g/mol. The number of aromatic nitrogens is 3. The minimum Gasteiger partial charge on any atom is -0.388 e. The number of rotatable bonds is 4. The number of pyridine rings is 1. The van der Waals surface area contributed by atoms with Crippen LogP contribution in [0.4, 0.5) is 13.2 Å². The molecule has 2 aromatic heterocycles. The first-order valence-electron chi connectivity index (χ1n) is 6.83. The Bertz CT molecular complexity index is 854. The number of aliphatic hydroxyl groups excluding tert-OH is 1. The van der Waals surface area contributed by atoms with Gasteiger partial charge in [-0.25, -0.2) is 0 Å². The number of alkyl halides is 3. The minimum atomic E-state index is -4.52. The molecule has 0 aliphatic heterocycles. The summed E-state index contributed by atoms with van der Waals surface area (Å²) in [6, 6.07) is 9.78. The summed E-state index contributed by atoms with van der Waals surface area (Å²) in [4.78, 5) is 0. The van der Waals surface area contributed by atoms with Gasteiger partial charge in [0.25, 0.3) is 0 Å². The Kier molecular flexibility index (Phi) is 4.71. The average Bonchev–Trinajstić information content (AvgIpc) is 2.96. The predicted molar refractivity (Wildman–Crippen MR) is 85.1 cm³/mol. The van der Waals surface area contributed by atoms with Gasteiger partial charge in [0.05, 0.1) is 16.7 Å². The molecule has 0 aliphatic carbocycles. The van der Waals surface area contributed by atoms with E-state index in [1.165, 1.54) is 4.40 Å². The van der Waals surface area contributed by atoms with Gasteiger partial charge in [0.1, 0.15) is 0 Å². The van der Waals surface area contributed by atoms with Gasteiger partial charge in [-0.15, -0.1) is 10.2 Å². The lowest BCUT2D eigenvalue weighted by Crippen LogP contribution is -2.07. The van der Waals surface area contributed by atoms with Crippen LogP contribution in [0.3, 0.4) is 0 Å². The van der Waals surface area contributed by atoms with E-state index >= 15 is 0 Å². The Morgan fingerprint density at radius 3 is 2.58 bits per heavy atom. The summed E-state index contributed by atoms with van der Waals surface area (Å²) in [5.41, 5.74) is -0.0283. The maximum Gasteiger partial charge on any atom is 0.417 e. The Morgan fingerprint density at radius 1 is 1.21 bits per heavy atom. The second-order valence-corrected chi connectivity index (χ2v) is 6.38. The van der Waals surface area contributed by atoms with E-state index in [-0.39, 0.29) is 21.6 Å². The zero-order valence-electron chi connectivity index (χ0n) is 12.0. The second-order valence-electron chi connectivity index (χ2n) is 4.99. The third-order valence-corrected chi connectivity index (χ3v) is 4.61. The quantitative estimate of drug-likeness (QED) is 0.695. The van der Waals surface area contributed by atoms with Crippen molar-refractivity contribution in [1.82, 2.24) is 14.6 Å². The minimum absolute atomic E-state index is 0.132. The number of benzene rings is 1. The topological polar surface area (TPSA) is 50.4 Å². The number of halogens is 4. The Labute approximate surface area is 144 Å². The van der Waals surface area contributed by atoms with Crippen molar-refractivity contribution in [3.8, 4) is 0 Å². The Hall–Kier alpha value is -1.77. The summed E-state index contributed by atoms with van der Waals surface area (Å²) in [6.45, 7) is 0. The highest BCUT2D eigenvalue weighted by molar-refractivity contribution is 7.99. The first-order valence-corrected chi connectivity index (χ1v) is 8.20. The van der Waals surface area contributed by atoms with E-state index in [1.807, 2.05) is 6.07 Å². The van der Waals surface area contributed by atoms with E-state index in [0.717, 1.165) is 24.0 Å². The van der Waals surface area contributed by atoms with Gasteiger partial charge in [-0.05, 0) is 11.6 Å². The number of thioether (sulfide) groups is 1. The molecule has 126 valence electrons. The van der Waals surface area contributed by atoms with Gasteiger partial charge in [-0.1, -0.05) is 53.7 Å². The van der Waals surface area contributed by atoms with Crippen molar-refractivity contribution >= 4 is 29.0 Å². The highest BCUT2D eigenvalue weighted by Gasteiger charge is 2.32. The molecular formula is C15H11ClF3N3OS. The van der Waals surface area contributed by atoms with E-state index in [1.54, 1.807) is 24.3 Å². The van der Waals surface area contributed by atoms with Gasteiger partial charge in [0, 0.05) is 11.9 Å². The largest absolute Gasteiger partial charge is 0.417 e. The summed E-state index contributed by atoms with van der Waals surface area (Å²) in [5.74, 6) is 0.221. The highest BCUT2D eigenvalue weighted by Crippen LogP contribution is 2.33. The molecule has 0 saturated carbocycles. The van der Waals surface area contributed by atoms with Crippen molar-refractivity contribution in [2.75, 3.05) is 5.75 Å². The van der Waals surface area contributed by atoms with Gasteiger partial charge in [-0.3, -0.25) is 4.40 Å². The van der Waals surface area contributed by atoms with Crippen LogP contribution in [0.2, 0.25) is 5.02 Å². The molecule has 24 heavy (non-hydrogen) atoms. The molecule has 2 heterocycles. The molecule has 0 spiro atoms.